The molecule has 0 aliphatic heterocycles. The van der Waals surface area contributed by atoms with E-state index in [1.54, 1.807) is 6.20 Å². The molecule has 1 aromatic heterocycles. The minimum absolute atomic E-state index is 0.0206. The van der Waals surface area contributed by atoms with Crippen LogP contribution in [0.25, 0.3) is 0 Å². The van der Waals surface area contributed by atoms with E-state index in [2.05, 4.69) is 10.3 Å². The maximum atomic E-state index is 11.8. The number of aromatic nitrogens is 2. The number of hydrogen-bond donors (Lipinski definition) is 1. The van der Waals surface area contributed by atoms with Gasteiger partial charge < -0.3 is 10.1 Å². The van der Waals surface area contributed by atoms with E-state index in [0.29, 0.717) is 0 Å². The second-order valence-corrected chi connectivity index (χ2v) is 5.48. The summed E-state index contributed by atoms with van der Waals surface area (Å²) in [7, 11) is 1.92. The van der Waals surface area contributed by atoms with Crippen molar-refractivity contribution in [2.45, 2.75) is 44.8 Å². The van der Waals surface area contributed by atoms with Crippen LogP contribution in [0.4, 0.5) is 4.79 Å². The van der Waals surface area contributed by atoms with E-state index in [1.807, 2.05) is 27.8 Å². The Morgan fingerprint density at radius 1 is 1.53 bits per heavy atom. The highest BCUT2D eigenvalue weighted by Gasteiger charge is 2.45. The van der Waals surface area contributed by atoms with Crippen molar-refractivity contribution >= 4 is 6.09 Å². The molecule has 0 saturated heterocycles. The van der Waals surface area contributed by atoms with E-state index in [0.717, 1.165) is 18.5 Å². The fraction of sp³-hybridized carbons (Fsp3) is 0.667. The summed E-state index contributed by atoms with van der Waals surface area (Å²) in [6.45, 7) is 5.54. The second-order valence-electron chi connectivity index (χ2n) is 5.48. The molecule has 1 heterocycles. The van der Waals surface area contributed by atoms with Crippen LogP contribution in [0.1, 0.15) is 39.3 Å². The largest absolute Gasteiger partial charge is 0.443 e. The smallest absolute Gasteiger partial charge is 0.419 e. The number of nitrogens with zero attached hydrogens (tertiary/aromatic N) is 2. The molecule has 0 unspecified atom stereocenters. The van der Waals surface area contributed by atoms with Gasteiger partial charge in [0, 0.05) is 6.20 Å². The van der Waals surface area contributed by atoms with E-state index in [9.17, 15) is 4.79 Å². The second kappa shape index (κ2) is 3.84. The molecule has 0 atom stereocenters. The van der Waals surface area contributed by atoms with Crippen molar-refractivity contribution in [3.8, 4) is 0 Å². The maximum absolute atomic E-state index is 11.8. The third-order valence-corrected chi connectivity index (χ3v) is 2.91. The number of carbonyl (C=O) groups is 1. The Labute approximate surface area is 101 Å². The highest BCUT2D eigenvalue weighted by molar-refractivity contribution is 5.70. The van der Waals surface area contributed by atoms with E-state index in [1.165, 1.54) is 10.9 Å². The monoisotopic (exact) mass is 237 g/mol. The molecule has 0 radical (unpaired) electrons. The van der Waals surface area contributed by atoms with Gasteiger partial charge in [0.05, 0.1) is 11.2 Å². The molecular formula is C12H19N3O2. The highest BCUT2D eigenvalue weighted by atomic mass is 16.6. The van der Waals surface area contributed by atoms with E-state index in [-0.39, 0.29) is 11.6 Å². The quantitative estimate of drug-likeness (QED) is 0.853. The molecule has 94 valence electrons. The first-order chi connectivity index (χ1) is 7.86. The zero-order chi connectivity index (χ0) is 12.7. The summed E-state index contributed by atoms with van der Waals surface area (Å²) in [6, 6.07) is 0. The third-order valence-electron chi connectivity index (χ3n) is 2.91. The van der Waals surface area contributed by atoms with E-state index < -0.39 is 5.60 Å². The van der Waals surface area contributed by atoms with Crippen molar-refractivity contribution in [3.63, 3.8) is 0 Å². The standard InChI is InChI=1S/C12H19N3O2/c1-11(2,3)17-10(16)15-7-9(14-8-15)12(13-4)5-6-12/h7-8,13H,5-6H2,1-4H3. The van der Waals surface area contributed by atoms with Crippen LogP contribution in [0, 0.1) is 0 Å². The fourth-order valence-corrected chi connectivity index (χ4v) is 1.74. The Kier molecular flexibility index (Phi) is 2.73. The maximum Gasteiger partial charge on any atom is 0.419 e. The van der Waals surface area contributed by atoms with Gasteiger partial charge in [0.2, 0.25) is 0 Å². The van der Waals surface area contributed by atoms with Gasteiger partial charge >= 0.3 is 6.09 Å². The lowest BCUT2D eigenvalue weighted by Crippen LogP contribution is -2.27. The SMILES string of the molecule is CNC1(c2cn(C(=O)OC(C)(C)C)cn2)CC1. The normalized spacial score (nSPS) is 17.9. The number of carbonyl (C=O) groups excluding carboxylic acids is 1. The first kappa shape index (κ1) is 12.1. The molecule has 1 N–H and O–H groups in total. The molecule has 0 bridgehead atoms. The summed E-state index contributed by atoms with van der Waals surface area (Å²) in [5, 5.41) is 3.24. The van der Waals surface area contributed by atoms with Gasteiger partial charge in [-0.25, -0.2) is 14.3 Å². The number of hydrogen-bond acceptors (Lipinski definition) is 4. The Morgan fingerprint density at radius 2 is 2.18 bits per heavy atom. The van der Waals surface area contributed by atoms with Gasteiger partial charge in [-0.05, 0) is 40.7 Å². The molecule has 1 aromatic rings. The molecule has 1 aliphatic carbocycles. The van der Waals surface area contributed by atoms with Gasteiger partial charge in [-0.3, -0.25) is 0 Å². The fourth-order valence-electron chi connectivity index (χ4n) is 1.74. The van der Waals surface area contributed by atoms with Crippen molar-refractivity contribution in [1.29, 1.82) is 0 Å². The molecule has 0 spiro atoms. The number of ether oxygens (including phenoxy) is 1. The topological polar surface area (TPSA) is 56.2 Å². The minimum Gasteiger partial charge on any atom is -0.443 e. The predicted octanol–water partition coefficient (Wildman–Crippen LogP) is 1.87. The van der Waals surface area contributed by atoms with Crippen LogP contribution in [0.3, 0.4) is 0 Å². The summed E-state index contributed by atoms with van der Waals surface area (Å²) in [5.74, 6) is 0. The van der Waals surface area contributed by atoms with Gasteiger partial charge in [0.1, 0.15) is 11.9 Å². The molecule has 1 aliphatic rings. The van der Waals surface area contributed by atoms with Crippen LogP contribution in [0.15, 0.2) is 12.5 Å². The third kappa shape index (κ3) is 2.49. The Bertz CT molecular complexity index is 427. The minimum atomic E-state index is -0.484. The average molecular weight is 237 g/mol. The lowest BCUT2D eigenvalue weighted by molar-refractivity contribution is 0.0536. The molecule has 2 rings (SSSR count). The highest BCUT2D eigenvalue weighted by Crippen LogP contribution is 2.44. The molecule has 1 fully saturated rings. The van der Waals surface area contributed by atoms with Crippen molar-refractivity contribution < 1.29 is 9.53 Å². The van der Waals surface area contributed by atoms with Gasteiger partial charge in [0.15, 0.2) is 0 Å². The Morgan fingerprint density at radius 3 is 2.65 bits per heavy atom. The van der Waals surface area contributed by atoms with Crippen LogP contribution in [-0.4, -0.2) is 28.3 Å². The zero-order valence-corrected chi connectivity index (χ0v) is 10.8. The molecule has 0 aromatic carbocycles. The van der Waals surface area contributed by atoms with Crippen molar-refractivity contribution in [1.82, 2.24) is 14.9 Å². The molecule has 5 heteroatoms. The van der Waals surface area contributed by atoms with E-state index >= 15 is 0 Å². The predicted molar refractivity (Wildman–Crippen MR) is 63.8 cm³/mol. The molecule has 1 saturated carbocycles. The van der Waals surface area contributed by atoms with Gasteiger partial charge in [-0.15, -0.1) is 0 Å². The van der Waals surface area contributed by atoms with Gasteiger partial charge in [0.25, 0.3) is 0 Å². The molecule has 17 heavy (non-hydrogen) atoms. The number of imidazole rings is 1. The van der Waals surface area contributed by atoms with Gasteiger partial charge in [-0.2, -0.15) is 0 Å². The lowest BCUT2D eigenvalue weighted by Gasteiger charge is -2.19. The van der Waals surface area contributed by atoms with Gasteiger partial charge in [-0.1, -0.05) is 0 Å². The first-order valence-electron chi connectivity index (χ1n) is 5.83. The van der Waals surface area contributed by atoms with Crippen LogP contribution < -0.4 is 5.32 Å². The average Bonchev–Trinajstić information content (AvgIpc) is 2.85. The zero-order valence-electron chi connectivity index (χ0n) is 10.8. The van der Waals surface area contributed by atoms with Crippen molar-refractivity contribution in [2.75, 3.05) is 7.05 Å². The summed E-state index contributed by atoms with van der Waals surface area (Å²) in [6.07, 6.45) is 5.00. The van der Waals surface area contributed by atoms with Crippen LogP contribution >= 0.6 is 0 Å². The number of rotatable bonds is 2. The lowest BCUT2D eigenvalue weighted by atomic mass is 10.2. The summed E-state index contributed by atoms with van der Waals surface area (Å²) < 4.78 is 6.67. The Balaban J connectivity index is 2.11. The Hall–Kier alpha value is -1.36. The summed E-state index contributed by atoms with van der Waals surface area (Å²) in [4.78, 5) is 16.1. The first-order valence-corrected chi connectivity index (χ1v) is 5.83. The summed E-state index contributed by atoms with van der Waals surface area (Å²) in [5.41, 5.74) is 0.403. The molecular weight excluding hydrogens is 218 g/mol. The van der Waals surface area contributed by atoms with E-state index in [4.69, 9.17) is 4.74 Å². The molecule has 5 nitrogen and oxygen atoms in total. The van der Waals surface area contributed by atoms with Crippen molar-refractivity contribution in [2.24, 2.45) is 0 Å². The van der Waals surface area contributed by atoms with Crippen LogP contribution in [0.5, 0.6) is 0 Å². The molecule has 0 amide bonds. The number of nitrogens with one attached hydrogen (secondary N) is 1. The summed E-state index contributed by atoms with van der Waals surface area (Å²) >= 11 is 0. The van der Waals surface area contributed by atoms with Crippen molar-refractivity contribution in [3.05, 3.63) is 18.2 Å². The van der Waals surface area contributed by atoms with Crippen LogP contribution in [-0.2, 0) is 10.3 Å². The van der Waals surface area contributed by atoms with Crippen LogP contribution in [0.2, 0.25) is 0 Å².